The quantitative estimate of drug-likeness (QED) is 0.498. The number of nitrogens with two attached hydrogens (primary N) is 2. The van der Waals surface area contributed by atoms with Crippen molar-refractivity contribution >= 4 is 17.8 Å². The Bertz CT molecular complexity index is 312. The van der Waals surface area contributed by atoms with Crippen LogP contribution in [0.1, 0.15) is 12.8 Å². The summed E-state index contributed by atoms with van der Waals surface area (Å²) in [6, 6.07) is 0. The predicted molar refractivity (Wildman–Crippen MR) is 61.7 cm³/mol. The Kier molecular flexibility index (Phi) is 5.69. The van der Waals surface area contributed by atoms with Crippen molar-refractivity contribution in [2.45, 2.75) is 12.8 Å². The van der Waals surface area contributed by atoms with Gasteiger partial charge in [-0.3, -0.25) is 14.5 Å². The highest BCUT2D eigenvalue weighted by molar-refractivity contribution is 6.01. The summed E-state index contributed by atoms with van der Waals surface area (Å²) in [4.78, 5) is 40.5. The third-order valence-electron chi connectivity index (χ3n) is 2.44. The summed E-state index contributed by atoms with van der Waals surface area (Å²) in [5, 5.41) is 0.533. The molecule has 0 bridgehead atoms. The summed E-state index contributed by atoms with van der Waals surface area (Å²) in [7, 11) is 0. The lowest BCUT2D eigenvalue weighted by Gasteiger charge is -2.20. The van der Waals surface area contributed by atoms with Crippen molar-refractivity contribution < 1.29 is 19.2 Å². The molecule has 1 fully saturated rings. The molecule has 0 aromatic carbocycles. The van der Waals surface area contributed by atoms with Crippen LogP contribution in [-0.4, -0.2) is 60.5 Å². The van der Waals surface area contributed by atoms with Gasteiger partial charge in [0.05, 0.1) is 6.54 Å². The molecule has 0 aromatic heterocycles. The van der Waals surface area contributed by atoms with Crippen LogP contribution >= 0.6 is 0 Å². The largest absolute Gasteiger partial charge is 0.347 e. The van der Waals surface area contributed by atoms with E-state index in [0.717, 1.165) is 0 Å². The van der Waals surface area contributed by atoms with Gasteiger partial charge in [-0.25, -0.2) is 4.79 Å². The zero-order valence-corrected chi connectivity index (χ0v) is 10.1. The average molecular weight is 258 g/mol. The van der Waals surface area contributed by atoms with Crippen LogP contribution < -0.4 is 11.5 Å². The van der Waals surface area contributed by atoms with E-state index in [9.17, 15) is 14.4 Å². The molecule has 1 rings (SSSR count). The predicted octanol–water partition coefficient (Wildman–Crippen LogP) is -2.19. The van der Waals surface area contributed by atoms with Gasteiger partial charge in [0.1, 0.15) is 0 Å². The standard InChI is InChI=1S/C10H18N4O4/c11-3-5-13(6-4-12)7-10(17)18-14-8(15)1-2-9(14)16/h1-7,11-12H2. The van der Waals surface area contributed by atoms with Crippen LogP contribution in [0.3, 0.4) is 0 Å². The van der Waals surface area contributed by atoms with Gasteiger partial charge in [0.2, 0.25) is 0 Å². The van der Waals surface area contributed by atoms with E-state index in [4.69, 9.17) is 16.3 Å². The second-order valence-corrected chi connectivity index (χ2v) is 3.90. The van der Waals surface area contributed by atoms with E-state index >= 15 is 0 Å². The molecule has 0 unspecified atom stereocenters. The van der Waals surface area contributed by atoms with Crippen molar-refractivity contribution in [3.8, 4) is 0 Å². The Morgan fingerprint density at radius 1 is 1.17 bits per heavy atom. The summed E-state index contributed by atoms with van der Waals surface area (Å²) in [5.74, 6) is -1.64. The Balaban J connectivity index is 2.44. The van der Waals surface area contributed by atoms with Crippen LogP contribution in [0, 0.1) is 0 Å². The third kappa shape index (κ3) is 4.06. The Morgan fingerprint density at radius 2 is 1.67 bits per heavy atom. The van der Waals surface area contributed by atoms with Gasteiger partial charge in [-0.05, 0) is 0 Å². The van der Waals surface area contributed by atoms with Crippen LogP contribution in [0.5, 0.6) is 0 Å². The molecule has 0 aromatic rings. The Labute approximate surface area is 105 Å². The Hall–Kier alpha value is -1.51. The highest BCUT2D eigenvalue weighted by atomic mass is 16.7. The molecule has 0 aliphatic carbocycles. The number of rotatable bonds is 7. The first-order valence-electron chi connectivity index (χ1n) is 5.77. The maximum Gasteiger partial charge on any atom is 0.347 e. The van der Waals surface area contributed by atoms with Crippen molar-refractivity contribution in [1.82, 2.24) is 9.96 Å². The lowest BCUT2D eigenvalue weighted by atomic mass is 10.4. The fourth-order valence-corrected chi connectivity index (χ4v) is 1.61. The van der Waals surface area contributed by atoms with Gasteiger partial charge in [0.15, 0.2) is 0 Å². The van der Waals surface area contributed by atoms with Gasteiger partial charge in [-0.2, -0.15) is 0 Å². The maximum absolute atomic E-state index is 11.6. The monoisotopic (exact) mass is 258 g/mol. The number of amides is 2. The molecule has 0 radical (unpaired) electrons. The number of imide groups is 1. The third-order valence-corrected chi connectivity index (χ3v) is 2.44. The molecule has 0 spiro atoms. The van der Waals surface area contributed by atoms with Gasteiger partial charge < -0.3 is 16.3 Å². The normalized spacial score (nSPS) is 15.6. The van der Waals surface area contributed by atoms with Crippen LogP contribution in [0.15, 0.2) is 0 Å². The molecule has 8 heteroatoms. The maximum atomic E-state index is 11.6. The number of hydrogen-bond donors (Lipinski definition) is 2. The van der Waals surface area contributed by atoms with E-state index in [1.165, 1.54) is 0 Å². The van der Waals surface area contributed by atoms with E-state index in [-0.39, 0.29) is 19.4 Å². The molecule has 18 heavy (non-hydrogen) atoms. The fourth-order valence-electron chi connectivity index (χ4n) is 1.61. The zero-order chi connectivity index (χ0) is 13.5. The molecule has 1 aliphatic heterocycles. The van der Waals surface area contributed by atoms with Gasteiger partial charge >= 0.3 is 5.97 Å². The van der Waals surface area contributed by atoms with Crippen molar-refractivity contribution in [3.63, 3.8) is 0 Å². The number of carbonyl (C=O) groups excluding carboxylic acids is 3. The lowest BCUT2D eigenvalue weighted by molar-refractivity contribution is -0.198. The first-order valence-corrected chi connectivity index (χ1v) is 5.77. The van der Waals surface area contributed by atoms with Gasteiger partial charge in [0.25, 0.3) is 11.8 Å². The summed E-state index contributed by atoms with van der Waals surface area (Å²) >= 11 is 0. The molecule has 1 heterocycles. The van der Waals surface area contributed by atoms with E-state index in [1.54, 1.807) is 4.90 Å². The minimum atomic E-state index is -0.666. The van der Waals surface area contributed by atoms with Gasteiger partial charge in [-0.1, -0.05) is 0 Å². The van der Waals surface area contributed by atoms with E-state index in [0.29, 0.717) is 31.2 Å². The highest BCUT2D eigenvalue weighted by Crippen LogP contribution is 2.12. The molecule has 2 amide bonds. The fraction of sp³-hybridized carbons (Fsp3) is 0.700. The second kappa shape index (κ2) is 7.04. The molecule has 0 atom stereocenters. The smallest absolute Gasteiger partial charge is 0.329 e. The zero-order valence-electron chi connectivity index (χ0n) is 10.1. The minimum Gasteiger partial charge on any atom is -0.329 e. The summed E-state index contributed by atoms with van der Waals surface area (Å²) < 4.78 is 0. The SMILES string of the molecule is NCCN(CCN)CC(=O)ON1C(=O)CCC1=O. The van der Waals surface area contributed by atoms with Crippen LogP contribution in [-0.2, 0) is 19.2 Å². The molecule has 4 N–H and O–H groups in total. The summed E-state index contributed by atoms with van der Waals surface area (Å²) in [5.41, 5.74) is 10.8. The van der Waals surface area contributed by atoms with Crippen molar-refractivity contribution in [2.75, 3.05) is 32.7 Å². The topological polar surface area (TPSA) is 119 Å². The van der Waals surface area contributed by atoms with Crippen molar-refractivity contribution in [1.29, 1.82) is 0 Å². The minimum absolute atomic E-state index is 0.0501. The second-order valence-electron chi connectivity index (χ2n) is 3.90. The first-order chi connectivity index (χ1) is 8.58. The Morgan fingerprint density at radius 3 is 2.11 bits per heavy atom. The number of hydrogen-bond acceptors (Lipinski definition) is 7. The van der Waals surface area contributed by atoms with Crippen LogP contribution in [0.25, 0.3) is 0 Å². The van der Waals surface area contributed by atoms with Gasteiger partial charge in [0, 0.05) is 39.0 Å². The number of carbonyl (C=O) groups is 3. The highest BCUT2D eigenvalue weighted by Gasteiger charge is 2.33. The number of nitrogens with zero attached hydrogens (tertiary/aromatic N) is 2. The summed E-state index contributed by atoms with van der Waals surface area (Å²) in [6.07, 6.45) is 0.169. The molecule has 0 saturated carbocycles. The van der Waals surface area contributed by atoms with E-state index < -0.39 is 17.8 Å². The molecule has 1 aliphatic rings. The molecule has 1 saturated heterocycles. The van der Waals surface area contributed by atoms with Crippen molar-refractivity contribution in [3.05, 3.63) is 0 Å². The molecular formula is C10H18N4O4. The first kappa shape index (κ1) is 14.6. The van der Waals surface area contributed by atoms with E-state index in [1.807, 2.05) is 0 Å². The average Bonchev–Trinajstić information content (AvgIpc) is 2.61. The van der Waals surface area contributed by atoms with E-state index in [2.05, 4.69) is 0 Å². The number of hydroxylamine groups is 2. The van der Waals surface area contributed by atoms with Crippen molar-refractivity contribution in [2.24, 2.45) is 11.5 Å². The summed E-state index contributed by atoms with van der Waals surface area (Å²) in [6.45, 7) is 1.71. The van der Waals surface area contributed by atoms with Crippen LogP contribution in [0.4, 0.5) is 0 Å². The molecule has 8 nitrogen and oxygen atoms in total. The lowest BCUT2D eigenvalue weighted by Crippen LogP contribution is -2.41. The van der Waals surface area contributed by atoms with Gasteiger partial charge in [-0.15, -0.1) is 5.06 Å². The molecule has 102 valence electrons. The van der Waals surface area contributed by atoms with Crippen LogP contribution in [0.2, 0.25) is 0 Å². The molecular weight excluding hydrogens is 240 g/mol.